The Balaban J connectivity index is 2.42. The molecule has 0 aliphatic heterocycles. The van der Waals surface area contributed by atoms with Crippen LogP contribution in [0.5, 0.6) is 0 Å². The summed E-state index contributed by atoms with van der Waals surface area (Å²) in [5.41, 5.74) is 1.14. The Morgan fingerprint density at radius 1 is 1.23 bits per heavy atom. The molecule has 0 aliphatic rings. The molecule has 0 saturated heterocycles. The minimum atomic E-state index is -4.36. The molecule has 4 nitrogen and oxygen atoms in total. The fourth-order valence-electron chi connectivity index (χ4n) is 2.22. The maximum atomic E-state index is 12.6. The van der Waals surface area contributed by atoms with Gasteiger partial charge in [-0.25, -0.2) is 4.98 Å². The Labute approximate surface area is 126 Å². The summed E-state index contributed by atoms with van der Waals surface area (Å²) in [5.74, 6) is 0.521. The van der Waals surface area contributed by atoms with Gasteiger partial charge in [-0.3, -0.25) is 0 Å². The van der Waals surface area contributed by atoms with Gasteiger partial charge in [0.15, 0.2) is 0 Å². The lowest BCUT2D eigenvalue weighted by Crippen LogP contribution is -2.08. The van der Waals surface area contributed by atoms with E-state index in [0.717, 1.165) is 17.8 Å². The number of hydrogen-bond acceptors (Lipinski definition) is 3. The van der Waals surface area contributed by atoms with E-state index >= 15 is 0 Å². The average Bonchev–Trinajstić information content (AvgIpc) is 2.80. The van der Waals surface area contributed by atoms with E-state index in [4.69, 9.17) is 4.74 Å². The van der Waals surface area contributed by atoms with Gasteiger partial charge in [0.25, 0.3) is 0 Å². The molecule has 0 atom stereocenters. The molecule has 120 valence electrons. The molecule has 0 spiro atoms. The summed E-state index contributed by atoms with van der Waals surface area (Å²) in [6, 6.07) is 4.82. The third-order valence-corrected chi connectivity index (χ3v) is 3.46. The molecule has 0 bridgehead atoms. The van der Waals surface area contributed by atoms with Crippen molar-refractivity contribution in [2.75, 3.05) is 13.7 Å². The van der Waals surface area contributed by atoms with Crippen LogP contribution in [0.2, 0.25) is 0 Å². The van der Waals surface area contributed by atoms with E-state index in [-0.39, 0.29) is 6.61 Å². The number of aromatic nitrogens is 2. The van der Waals surface area contributed by atoms with Gasteiger partial charge in [-0.1, -0.05) is 12.1 Å². The van der Waals surface area contributed by atoms with E-state index in [1.165, 1.54) is 12.1 Å². The minimum absolute atomic E-state index is 0.223. The lowest BCUT2D eigenvalue weighted by atomic mass is 10.1. The fourth-order valence-corrected chi connectivity index (χ4v) is 2.22. The molecule has 0 aliphatic carbocycles. The van der Waals surface area contributed by atoms with Gasteiger partial charge < -0.3 is 14.4 Å². The van der Waals surface area contributed by atoms with Crippen molar-refractivity contribution < 1.29 is 23.0 Å². The molecule has 0 fully saturated rings. The largest absolute Gasteiger partial charge is 0.416 e. The number of benzene rings is 1. The smallest absolute Gasteiger partial charge is 0.390 e. The van der Waals surface area contributed by atoms with Gasteiger partial charge in [0, 0.05) is 24.9 Å². The summed E-state index contributed by atoms with van der Waals surface area (Å²) in [7, 11) is 1.57. The number of alkyl halides is 3. The zero-order valence-electron chi connectivity index (χ0n) is 12.3. The second-order valence-electron chi connectivity index (χ2n) is 4.85. The van der Waals surface area contributed by atoms with Crippen LogP contribution in [0.3, 0.4) is 0 Å². The first kappa shape index (κ1) is 16.5. The number of nitrogens with zero attached hydrogens (tertiary/aromatic N) is 2. The van der Waals surface area contributed by atoms with E-state index in [1.807, 2.05) is 11.5 Å². The zero-order valence-corrected chi connectivity index (χ0v) is 12.3. The number of methoxy groups -OCH3 is 1. The molecule has 0 saturated carbocycles. The van der Waals surface area contributed by atoms with Crippen LogP contribution in [0.15, 0.2) is 24.3 Å². The van der Waals surface area contributed by atoms with E-state index in [9.17, 15) is 18.3 Å². The van der Waals surface area contributed by atoms with Crippen molar-refractivity contribution in [2.45, 2.75) is 26.3 Å². The Morgan fingerprint density at radius 2 is 1.86 bits per heavy atom. The van der Waals surface area contributed by atoms with Crippen molar-refractivity contribution in [2.24, 2.45) is 0 Å². The van der Waals surface area contributed by atoms with Crippen molar-refractivity contribution in [1.82, 2.24) is 9.55 Å². The van der Waals surface area contributed by atoms with Crippen LogP contribution in [0.1, 0.15) is 17.0 Å². The highest BCUT2D eigenvalue weighted by molar-refractivity contribution is 5.57. The van der Waals surface area contributed by atoms with Gasteiger partial charge in [0.1, 0.15) is 5.82 Å². The molecule has 1 N–H and O–H groups in total. The first-order chi connectivity index (χ1) is 10.4. The van der Waals surface area contributed by atoms with Crippen molar-refractivity contribution in [3.05, 3.63) is 41.2 Å². The lowest BCUT2D eigenvalue weighted by Gasteiger charge is -2.11. The molecule has 1 aromatic carbocycles. The molecular weight excluding hydrogens is 297 g/mol. The second-order valence-corrected chi connectivity index (χ2v) is 4.85. The summed E-state index contributed by atoms with van der Waals surface area (Å²) in [5, 5.41) is 9.32. The topological polar surface area (TPSA) is 47.3 Å². The van der Waals surface area contributed by atoms with Crippen LogP contribution in [-0.2, 0) is 24.1 Å². The number of imidazole rings is 1. The predicted octanol–water partition coefficient (Wildman–Crippen LogP) is 3.02. The summed E-state index contributed by atoms with van der Waals surface area (Å²) in [4.78, 5) is 4.32. The molecule has 0 amide bonds. The summed E-state index contributed by atoms with van der Waals surface area (Å²) in [6.07, 6.45) is -4.36. The zero-order chi connectivity index (χ0) is 16.3. The molecule has 1 aromatic heterocycles. The van der Waals surface area contributed by atoms with Crippen molar-refractivity contribution in [1.29, 1.82) is 0 Å². The van der Waals surface area contributed by atoms with Gasteiger partial charge in [-0.05, 0) is 19.1 Å². The summed E-state index contributed by atoms with van der Waals surface area (Å²) in [6.45, 7) is 2.53. The maximum absolute atomic E-state index is 12.6. The average molecular weight is 314 g/mol. The fraction of sp³-hybridized carbons (Fsp3) is 0.400. The van der Waals surface area contributed by atoms with Gasteiger partial charge in [0.2, 0.25) is 0 Å². The summed E-state index contributed by atoms with van der Waals surface area (Å²) < 4.78 is 44.7. The number of rotatable bonds is 5. The normalized spacial score (nSPS) is 11.9. The van der Waals surface area contributed by atoms with Crippen LogP contribution >= 0.6 is 0 Å². The maximum Gasteiger partial charge on any atom is 0.416 e. The highest BCUT2D eigenvalue weighted by atomic mass is 19.4. The third kappa shape index (κ3) is 3.31. The summed E-state index contributed by atoms with van der Waals surface area (Å²) >= 11 is 0. The Bertz CT molecular complexity index is 633. The van der Waals surface area contributed by atoms with Gasteiger partial charge in [-0.15, -0.1) is 0 Å². The number of halogens is 3. The molecule has 2 aromatic rings. The second kappa shape index (κ2) is 6.50. The number of aliphatic hydroxyl groups is 1. The van der Waals surface area contributed by atoms with E-state index < -0.39 is 11.7 Å². The van der Waals surface area contributed by atoms with Crippen molar-refractivity contribution >= 4 is 0 Å². The Kier molecular flexibility index (Phi) is 4.87. The number of ether oxygens (including phenoxy) is 1. The van der Waals surface area contributed by atoms with Crippen LogP contribution in [-0.4, -0.2) is 28.4 Å². The van der Waals surface area contributed by atoms with Gasteiger partial charge >= 0.3 is 6.18 Å². The van der Waals surface area contributed by atoms with Gasteiger partial charge in [-0.2, -0.15) is 13.2 Å². The third-order valence-electron chi connectivity index (χ3n) is 3.46. The SMILES string of the molecule is COCCn1c(-c2ccc(C(F)(F)F)cc2)nc(CO)c1C. The van der Waals surface area contributed by atoms with E-state index in [0.29, 0.717) is 30.2 Å². The number of hydrogen-bond donors (Lipinski definition) is 1. The monoisotopic (exact) mass is 314 g/mol. The quantitative estimate of drug-likeness (QED) is 0.923. The molecule has 0 unspecified atom stereocenters. The molecule has 0 radical (unpaired) electrons. The highest BCUT2D eigenvalue weighted by Gasteiger charge is 2.30. The van der Waals surface area contributed by atoms with Crippen LogP contribution in [0, 0.1) is 6.92 Å². The number of aliphatic hydroxyl groups excluding tert-OH is 1. The van der Waals surface area contributed by atoms with Crippen LogP contribution < -0.4 is 0 Å². The molecular formula is C15H17F3N2O2. The van der Waals surface area contributed by atoms with Crippen molar-refractivity contribution in [3.63, 3.8) is 0 Å². The lowest BCUT2D eigenvalue weighted by molar-refractivity contribution is -0.137. The van der Waals surface area contributed by atoms with Crippen molar-refractivity contribution in [3.8, 4) is 11.4 Å². The molecule has 7 heteroatoms. The predicted molar refractivity (Wildman–Crippen MR) is 75.2 cm³/mol. The molecule has 2 rings (SSSR count). The Hall–Kier alpha value is -1.86. The first-order valence-corrected chi connectivity index (χ1v) is 6.72. The standard InChI is InChI=1S/C15H17F3N2O2/c1-10-13(9-21)19-14(20(10)7-8-22-2)11-3-5-12(6-4-11)15(16,17)18/h3-6,21H,7-9H2,1-2H3. The van der Waals surface area contributed by atoms with Gasteiger partial charge in [0.05, 0.1) is 24.5 Å². The first-order valence-electron chi connectivity index (χ1n) is 6.72. The van der Waals surface area contributed by atoms with Crippen LogP contribution in [0.4, 0.5) is 13.2 Å². The molecule has 1 heterocycles. The highest BCUT2D eigenvalue weighted by Crippen LogP contribution is 2.31. The Morgan fingerprint density at radius 3 is 2.36 bits per heavy atom. The van der Waals surface area contributed by atoms with E-state index in [1.54, 1.807) is 7.11 Å². The van der Waals surface area contributed by atoms with E-state index in [2.05, 4.69) is 4.98 Å². The minimum Gasteiger partial charge on any atom is -0.390 e. The molecule has 22 heavy (non-hydrogen) atoms. The van der Waals surface area contributed by atoms with Crippen LogP contribution in [0.25, 0.3) is 11.4 Å².